The highest BCUT2D eigenvalue weighted by Crippen LogP contribution is 2.35. The number of rotatable bonds is 5. The van der Waals surface area contributed by atoms with Gasteiger partial charge in [-0.2, -0.15) is 0 Å². The van der Waals surface area contributed by atoms with Crippen molar-refractivity contribution in [3.8, 4) is 0 Å². The van der Waals surface area contributed by atoms with Crippen molar-refractivity contribution < 1.29 is 13.6 Å². The van der Waals surface area contributed by atoms with Gasteiger partial charge in [-0.3, -0.25) is 9.78 Å². The van der Waals surface area contributed by atoms with E-state index in [9.17, 15) is 13.6 Å². The van der Waals surface area contributed by atoms with Gasteiger partial charge in [0.1, 0.15) is 0 Å². The number of amides is 1. The van der Waals surface area contributed by atoms with Gasteiger partial charge in [0.15, 0.2) is 0 Å². The number of nitrogens with one attached hydrogen (secondary N) is 1. The second-order valence-electron chi connectivity index (χ2n) is 5.55. The van der Waals surface area contributed by atoms with Crippen molar-refractivity contribution in [2.45, 2.75) is 19.8 Å². The Kier molecular flexibility index (Phi) is 4.93. The maximum atomic E-state index is 13.8. The Balaban J connectivity index is 2.16. The van der Waals surface area contributed by atoms with Crippen molar-refractivity contribution in [2.24, 2.45) is 0 Å². The van der Waals surface area contributed by atoms with E-state index in [2.05, 4.69) is 10.3 Å². The van der Waals surface area contributed by atoms with Crippen LogP contribution in [0.1, 0.15) is 18.1 Å². The van der Waals surface area contributed by atoms with E-state index in [1.54, 1.807) is 37.5 Å². The Labute approximate surface area is 134 Å². The molecule has 122 valence electrons. The van der Waals surface area contributed by atoms with Crippen LogP contribution in [0.3, 0.4) is 0 Å². The van der Waals surface area contributed by atoms with E-state index >= 15 is 0 Å². The number of nitrogens with zero attached hydrogens (tertiary/aromatic N) is 2. The van der Waals surface area contributed by atoms with Gasteiger partial charge in [-0.1, -0.05) is 12.1 Å². The summed E-state index contributed by atoms with van der Waals surface area (Å²) >= 11 is 0. The monoisotopic (exact) mass is 319 g/mol. The molecule has 0 aliphatic heterocycles. The molecule has 23 heavy (non-hydrogen) atoms. The Morgan fingerprint density at radius 2 is 2.09 bits per heavy atom. The maximum absolute atomic E-state index is 13.8. The molecule has 0 spiro atoms. The largest absolute Gasteiger partial charge is 0.365 e. The Hall–Kier alpha value is -2.50. The number of aryl methyl sites for hydroxylation is 1. The summed E-state index contributed by atoms with van der Waals surface area (Å²) < 4.78 is 27.5. The minimum absolute atomic E-state index is 0.0403. The lowest BCUT2D eigenvalue weighted by Gasteiger charge is -2.25. The Bertz CT molecular complexity index is 684. The van der Waals surface area contributed by atoms with Crippen LogP contribution in [0.2, 0.25) is 0 Å². The summed E-state index contributed by atoms with van der Waals surface area (Å²) in [6.07, 6.45) is 3.13. The van der Waals surface area contributed by atoms with Crippen LogP contribution in [-0.4, -0.2) is 24.5 Å². The minimum Gasteiger partial charge on any atom is -0.365 e. The predicted octanol–water partition coefficient (Wildman–Crippen LogP) is 3.58. The first kappa shape index (κ1) is 16.9. The molecule has 1 N–H and O–H groups in total. The molecule has 1 aromatic heterocycles. The number of carbonyl (C=O) groups excluding carboxylic acids is 1. The number of aromatic nitrogens is 1. The number of halogens is 2. The van der Waals surface area contributed by atoms with Crippen LogP contribution in [0, 0.1) is 6.92 Å². The third-order valence-electron chi connectivity index (χ3n) is 3.36. The first-order chi connectivity index (χ1) is 10.8. The van der Waals surface area contributed by atoms with Crippen LogP contribution in [0.4, 0.5) is 20.2 Å². The number of anilines is 2. The van der Waals surface area contributed by atoms with Crippen molar-refractivity contribution in [1.29, 1.82) is 0 Å². The number of carbonyl (C=O) groups is 1. The summed E-state index contributed by atoms with van der Waals surface area (Å²) in [5.74, 6) is -3.27. The summed E-state index contributed by atoms with van der Waals surface area (Å²) in [4.78, 5) is 17.5. The highest BCUT2D eigenvalue weighted by molar-refractivity contribution is 5.94. The molecule has 0 atom stereocenters. The minimum atomic E-state index is -2.98. The molecule has 1 amide bonds. The molecule has 1 heterocycles. The van der Waals surface area contributed by atoms with E-state index in [-0.39, 0.29) is 18.0 Å². The van der Waals surface area contributed by atoms with E-state index in [1.807, 2.05) is 6.92 Å². The molecule has 0 unspecified atom stereocenters. The van der Waals surface area contributed by atoms with Crippen LogP contribution in [0.25, 0.3) is 0 Å². The van der Waals surface area contributed by atoms with Crippen molar-refractivity contribution in [1.82, 2.24) is 4.98 Å². The molecule has 0 fully saturated rings. The molecule has 1 aromatic carbocycles. The van der Waals surface area contributed by atoms with Crippen LogP contribution in [0.5, 0.6) is 0 Å². The average molecular weight is 319 g/mol. The van der Waals surface area contributed by atoms with E-state index in [0.717, 1.165) is 12.5 Å². The standard InChI is InChI=1S/C17H19F2N3O/c1-12-6-7-14(17(2,18)19)15(9-12)22(3)11-16(23)21-13-5-4-8-20-10-13/h4-10H,11H2,1-3H3,(H,21,23). The molecule has 0 radical (unpaired) electrons. The van der Waals surface area contributed by atoms with Gasteiger partial charge in [0, 0.05) is 31.4 Å². The first-order valence-corrected chi connectivity index (χ1v) is 7.17. The van der Waals surface area contributed by atoms with Gasteiger partial charge in [-0.15, -0.1) is 0 Å². The first-order valence-electron chi connectivity index (χ1n) is 7.17. The third kappa shape index (κ3) is 4.48. The smallest absolute Gasteiger partial charge is 0.272 e. The van der Waals surface area contributed by atoms with Crippen LogP contribution in [0.15, 0.2) is 42.7 Å². The second kappa shape index (κ2) is 6.73. The SMILES string of the molecule is Cc1ccc(C(C)(F)F)c(N(C)CC(=O)Nc2cccnc2)c1. The van der Waals surface area contributed by atoms with Crippen molar-refractivity contribution in [3.05, 3.63) is 53.9 Å². The fourth-order valence-corrected chi connectivity index (χ4v) is 2.27. The number of likely N-dealkylation sites (N-methyl/N-ethyl adjacent to an activating group) is 1. The van der Waals surface area contributed by atoms with Crippen molar-refractivity contribution >= 4 is 17.3 Å². The number of hydrogen-bond donors (Lipinski definition) is 1. The fraction of sp³-hybridized carbons (Fsp3) is 0.294. The quantitative estimate of drug-likeness (QED) is 0.916. The van der Waals surface area contributed by atoms with Gasteiger partial charge in [0.25, 0.3) is 5.92 Å². The van der Waals surface area contributed by atoms with Gasteiger partial charge >= 0.3 is 0 Å². The van der Waals surface area contributed by atoms with Crippen molar-refractivity contribution in [2.75, 3.05) is 23.8 Å². The lowest BCUT2D eigenvalue weighted by Crippen LogP contribution is -2.31. The maximum Gasteiger partial charge on any atom is 0.272 e. The van der Waals surface area contributed by atoms with Gasteiger partial charge in [-0.05, 0) is 30.7 Å². The molecule has 0 aliphatic carbocycles. The molecule has 4 nitrogen and oxygen atoms in total. The summed E-state index contributed by atoms with van der Waals surface area (Å²) in [6.45, 7) is 2.64. The molecule has 6 heteroatoms. The Morgan fingerprint density at radius 1 is 1.35 bits per heavy atom. The highest BCUT2D eigenvalue weighted by Gasteiger charge is 2.29. The zero-order chi connectivity index (χ0) is 17.0. The molecule has 0 saturated heterocycles. The molecule has 2 aromatic rings. The normalized spacial score (nSPS) is 11.2. The van der Waals surface area contributed by atoms with Gasteiger partial charge in [0.2, 0.25) is 5.91 Å². The summed E-state index contributed by atoms with van der Waals surface area (Å²) in [5.41, 5.74) is 1.67. The lowest BCUT2D eigenvalue weighted by molar-refractivity contribution is -0.114. The van der Waals surface area contributed by atoms with E-state index in [1.165, 1.54) is 17.2 Å². The molecular weight excluding hydrogens is 300 g/mol. The number of alkyl halides is 2. The summed E-state index contributed by atoms with van der Waals surface area (Å²) in [7, 11) is 1.62. The highest BCUT2D eigenvalue weighted by atomic mass is 19.3. The fourth-order valence-electron chi connectivity index (χ4n) is 2.27. The van der Waals surface area contributed by atoms with Gasteiger partial charge < -0.3 is 10.2 Å². The lowest BCUT2D eigenvalue weighted by atomic mass is 10.0. The van der Waals surface area contributed by atoms with Crippen LogP contribution >= 0.6 is 0 Å². The number of benzene rings is 1. The molecule has 0 aliphatic rings. The predicted molar refractivity (Wildman–Crippen MR) is 86.9 cm³/mol. The average Bonchev–Trinajstić information content (AvgIpc) is 2.46. The Morgan fingerprint density at radius 3 is 2.70 bits per heavy atom. The van der Waals surface area contributed by atoms with Gasteiger partial charge in [-0.25, -0.2) is 8.78 Å². The van der Waals surface area contributed by atoms with Crippen molar-refractivity contribution in [3.63, 3.8) is 0 Å². The number of pyridine rings is 1. The molecular formula is C17H19F2N3O. The van der Waals surface area contributed by atoms with E-state index in [4.69, 9.17) is 0 Å². The topological polar surface area (TPSA) is 45.2 Å². The van der Waals surface area contributed by atoms with E-state index in [0.29, 0.717) is 11.4 Å². The van der Waals surface area contributed by atoms with Crippen LogP contribution in [-0.2, 0) is 10.7 Å². The molecule has 2 rings (SSSR count). The molecule has 0 bridgehead atoms. The summed E-state index contributed by atoms with van der Waals surface area (Å²) in [6, 6.07) is 8.11. The molecule has 0 saturated carbocycles. The third-order valence-corrected chi connectivity index (χ3v) is 3.36. The van der Waals surface area contributed by atoms with Crippen LogP contribution < -0.4 is 10.2 Å². The zero-order valence-electron chi connectivity index (χ0n) is 13.3. The zero-order valence-corrected chi connectivity index (χ0v) is 13.3. The number of hydrogen-bond acceptors (Lipinski definition) is 3. The van der Waals surface area contributed by atoms with Gasteiger partial charge in [0.05, 0.1) is 18.4 Å². The summed E-state index contributed by atoms with van der Waals surface area (Å²) in [5, 5.41) is 2.68. The van der Waals surface area contributed by atoms with E-state index < -0.39 is 5.92 Å². The second-order valence-corrected chi connectivity index (χ2v) is 5.55.